The Balaban J connectivity index is 1.60. The number of carbonyl (C=O) groups excluding carboxylic acids is 3. The third kappa shape index (κ3) is 17.3. The molecule has 7 unspecified atom stereocenters. The lowest BCUT2D eigenvalue weighted by Crippen LogP contribution is -2.40. The molecule has 0 N–H and O–H groups in total. The van der Waals surface area contributed by atoms with Gasteiger partial charge in [-0.25, -0.2) is 0 Å². The van der Waals surface area contributed by atoms with E-state index in [2.05, 4.69) is 53.4 Å². The summed E-state index contributed by atoms with van der Waals surface area (Å²) in [5.74, 6) is 1.84. The first-order valence-corrected chi connectivity index (χ1v) is 24.3. The van der Waals surface area contributed by atoms with Gasteiger partial charge < -0.3 is 19.1 Å². The summed E-state index contributed by atoms with van der Waals surface area (Å²) >= 11 is 0. The van der Waals surface area contributed by atoms with Crippen molar-refractivity contribution in [1.82, 2.24) is 4.90 Å². The molecule has 56 heavy (non-hydrogen) atoms. The number of amides is 1. The molecule has 3 rings (SSSR count). The maximum atomic E-state index is 14.0. The van der Waals surface area contributed by atoms with Crippen LogP contribution in [0.5, 0.6) is 0 Å². The molecule has 2 heterocycles. The van der Waals surface area contributed by atoms with Crippen molar-refractivity contribution in [3.63, 3.8) is 0 Å². The van der Waals surface area contributed by atoms with E-state index in [1.807, 2.05) is 0 Å². The molecule has 3 fully saturated rings. The number of carbonyl (C=O) groups is 3. The highest BCUT2D eigenvalue weighted by molar-refractivity contribution is 5.77. The summed E-state index contributed by atoms with van der Waals surface area (Å²) < 4.78 is 17.9. The molecule has 7 nitrogen and oxygen atoms in total. The number of unbranched alkanes of at least 4 members (excludes halogenated alkanes) is 9. The van der Waals surface area contributed by atoms with Crippen LogP contribution < -0.4 is 0 Å². The van der Waals surface area contributed by atoms with Crippen molar-refractivity contribution in [3.8, 4) is 0 Å². The maximum absolute atomic E-state index is 14.0. The molecule has 0 aromatic heterocycles. The van der Waals surface area contributed by atoms with Crippen LogP contribution >= 0.6 is 0 Å². The fourth-order valence-electron chi connectivity index (χ4n) is 9.96. The van der Waals surface area contributed by atoms with Gasteiger partial charge in [-0.1, -0.05) is 131 Å². The quantitative estimate of drug-likeness (QED) is 0.0395. The minimum absolute atomic E-state index is 0.0794. The number of nitrogens with zero attached hydrogens (tertiary/aromatic N) is 1. The van der Waals surface area contributed by atoms with Gasteiger partial charge in [0.25, 0.3) is 0 Å². The Morgan fingerprint density at radius 1 is 0.714 bits per heavy atom. The number of hydrogen-bond acceptors (Lipinski definition) is 6. The van der Waals surface area contributed by atoms with E-state index >= 15 is 0 Å². The van der Waals surface area contributed by atoms with Gasteiger partial charge in [0.2, 0.25) is 5.91 Å². The number of likely N-dealkylation sites (tertiary alicyclic amines) is 1. The predicted molar refractivity (Wildman–Crippen MR) is 230 cm³/mol. The van der Waals surface area contributed by atoms with E-state index < -0.39 is 10.8 Å². The zero-order valence-electron chi connectivity index (χ0n) is 37.8. The fourth-order valence-corrected chi connectivity index (χ4v) is 9.96. The second-order valence-electron chi connectivity index (χ2n) is 19.5. The molecule has 1 aliphatic carbocycles. The van der Waals surface area contributed by atoms with Crippen molar-refractivity contribution in [2.24, 2.45) is 28.6 Å². The van der Waals surface area contributed by atoms with Crippen LogP contribution in [0.25, 0.3) is 0 Å². The molecule has 1 amide bonds. The van der Waals surface area contributed by atoms with E-state index in [0.717, 1.165) is 95.9 Å². The number of rotatable bonds is 31. The molecule has 0 spiro atoms. The van der Waals surface area contributed by atoms with E-state index in [-0.39, 0.29) is 23.9 Å². The van der Waals surface area contributed by atoms with E-state index in [1.165, 1.54) is 77.0 Å². The molecule has 326 valence electrons. The monoisotopic (exact) mass is 788 g/mol. The first-order valence-electron chi connectivity index (χ1n) is 24.3. The molecule has 0 aromatic carbocycles. The van der Waals surface area contributed by atoms with Crippen molar-refractivity contribution < 1.29 is 28.6 Å². The average Bonchev–Trinajstić information content (AvgIpc) is 4.00. The molecule has 2 aliphatic heterocycles. The van der Waals surface area contributed by atoms with Crippen LogP contribution in [0.2, 0.25) is 0 Å². The lowest BCUT2D eigenvalue weighted by Gasteiger charge is -2.34. The van der Waals surface area contributed by atoms with Crippen LogP contribution in [0.15, 0.2) is 0 Å². The minimum atomic E-state index is -0.626. The number of epoxide rings is 1. The first kappa shape index (κ1) is 48.7. The van der Waals surface area contributed by atoms with Crippen LogP contribution in [0.4, 0.5) is 0 Å². The van der Waals surface area contributed by atoms with Crippen LogP contribution in [0.1, 0.15) is 228 Å². The SMILES string of the molecule is CCCCCCCCCCCCOC(=O)C(C)(CCCC(CC)N1CCCCCC1=O)CCCC(C)(CCCC(CC)C1CCC2OC2C1)C(=O)OCC(C)C. The van der Waals surface area contributed by atoms with Gasteiger partial charge in [0.05, 0.1) is 36.3 Å². The third-order valence-electron chi connectivity index (χ3n) is 14.0. The summed E-state index contributed by atoms with van der Waals surface area (Å²) in [5, 5.41) is 0. The predicted octanol–water partition coefficient (Wildman–Crippen LogP) is 12.9. The summed E-state index contributed by atoms with van der Waals surface area (Å²) in [7, 11) is 0. The van der Waals surface area contributed by atoms with Crippen molar-refractivity contribution >= 4 is 17.8 Å². The van der Waals surface area contributed by atoms with E-state index in [0.29, 0.717) is 56.5 Å². The van der Waals surface area contributed by atoms with Crippen LogP contribution in [0.3, 0.4) is 0 Å². The molecule has 1 saturated carbocycles. The first-order chi connectivity index (χ1) is 27.0. The zero-order valence-corrected chi connectivity index (χ0v) is 37.8. The Morgan fingerprint density at radius 3 is 1.93 bits per heavy atom. The van der Waals surface area contributed by atoms with Crippen LogP contribution in [-0.2, 0) is 28.6 Å². The summed E-state index contributed by atoms with van der Waals surface area (Å²) in [6.07, 6.45) is 30.9. The lowest BCUT2D eigenvalue weighted by molar-refractivity contribution is -0.158. The smallest absolute Gasteiger partial charge is 0.311 e. The minimum Gasteiger partial charge on any atom is -0.465 e. The molecule has 7 atom stereocenters. The fraction of sp³-hybridized carbons (Fsp3) is 0.939. The summed E-state index contributed by atoms with van der Waals surface area (Å²) in [4.78, 5) is 42.9. The van der Waals surface area contributed by atoms with Gasteiger partial charge >= 0.3 is 11.9 Å². The van der Waals surface area contributed by atoms with Crippen LogP contribution in [-0.4, -0.2) is 60.8 Å². The topological polar surface area (TPSA) is 85.4 Å². The molecular formula is C49H89NO6. The highest BCUT2D eigenvalue weighted by Crippen LogP contribution is 2.45. The van der Waals surface area contributed by atoms with Gasteiger partial charge in [-0.2, -0.15) is 0 Å². The Hall–Kier alpha value is -1.63. The highest BCUT2D eigenvalue weighted by Gasteiger charge is 2.45. The number of fused-ring (bicyclic) bond motifs is 1. The van der Waals surface area contributed by atoms with E-state index in [1.54, 1.807) is 0 Å². The van der Waals surface area contributed by atoms with Gasteiger partial charge in [0.15, 0.2) is 0 Å². The normalized spacial score (nSPS) is 23.1. The maximum Gasteiger partial charge on any atom is 0.311 e. The standard InChI is InChI=1S/C49H89NO6/c1-8-11-12-13-14-15-16-17-18-22-36-54-46(52)48(6,32-24-27-42(10-3)50-35-21-19-20-28-45(50)51)33-25-34-49(7,47(53)55-38-39(4)5)31-23-26-40(9-2)41-29-30-43-44(37-41)56-43/h39-44H,8-38H2,1-7H3. The lowest BCUT2D eigenvalue weighted by atomic mass is 9.73. The number of ether oxygens (including phenoxy) is 3. The third-order valence-corrected chi connectivity index (χ3v) is 14.0. The summed E-state index contributed by atoms with van der Waals surface area (Å²) in [6.45, 7) is 17.0. The van der Waals surface area contributed by atoms with Crippen molar-refractivity contribution in [2.45, 2.75) is 246 Å². The van der Waals surface area contributed by atoms with Crippen LogP contribution in [0, 0.1) is 28.6 Å². The number of hydrogen-bond donors (Lipinski definition) is 0. The van der Waals surface area contributed by atoms with Gasteiger partial charge in [-0.05, 0) is 109 Å². The van der Waals surface area contributed by atoms with Crippen molar-refractivity contribution in [1.29, 1.82) is 0 Å². The summed E-state index contributed by atoms with van der Waals surface area (Å²) in [6, 6.07) is 0.227. The molecule has 0 radical (unpaired) electrons. The largest absolute Gasteiger partial charge is 0.465 e. The molecule has 7 heteroatoms. The van der Waals surface area contributed by atoms with Gasteiger partial charge in [-0.15, -0.1) is 0 Å². The molecule has 0 bridgehead atoms. The van der Waals surface area contributed by atoms with E-state index in [9.17, 15) is 14.4 Å². The van der Waals surface area contributed by atoms with E-state index in [4.69, 9.17) is 14.2 Å². The van der Waals surface area contributed by atoms with Gasteiger partial charge in [-0.3, -0.25) is 14.4 Å². The molecular weight excluding hydrogens is 699 g/mol. The van der Waals surface area contributed by atoms with Crippen molar-refractivity contribution in [2.75, 3.05) is 19.8 Å². The van der Waals surface area contributed by atoms with Gasteiger partial charge in [0.1, 0.15) is 0 Å². The average molecular weight is 788 g/mol. The summed E-state index contributed by atoms with van der Waals surface area (Å²) in [5.41, 5.74) is -1.20. The molecule has 2 saturated heterocycles. The molecule has 0 aromatic rings. The second-order valence-corrected chi connectivity index (χ2v) is 19.5. The van der Waals surface area contributed by atoms with Gasteiger partial charge in [0, 0.05) is 19.0 Å². The molecule has 3 aliphatic rings. The Morgan fingerprint density at radius 2 is 1.32 bits per heavy atom. The Bertz CT molecular complexity index is 1110. The van der Waals surface area contributed by atoms with Crippen molar-refractivity contribution in [3.05, 3.63) is 0 Å². The highest BCUT2D eigenvalue weighted by atomic mass is 16.6. The number of esters is 2. The second kappa shape index (κ2) is 26.5. The zero-order chi connectivity index (χ0) is 40.8. The Labute approximate surface area is 345 Å². The Kier molecular flexibility index (Phi) is 23.0.